The summed E-state index contributed by atoms with van der Waals surface area (Å²) in [7, 11) is 0. The van der Waals surface area contributed by atoms with Gasteiger partial charge in [0.05, 0.1) is 6.04 Å². The van der Waals surface area contributed by atoms with Crippen molar-refractivity contribution >= 4 is 29.7 Å². The van der Waals surface area contributed by atoms with Crippen LogP contribution < -0.4 is 27.4 Å². The van der Waals surface area contributed by atoms with E-state index in [1.54, 1.807) is 13.8 Å². The Hall–Kier alpha value is -2.73. The molecule has 0 rings (SSSR count). The Morgan fingerprint density at radius 2 is 1.41 bits per heavy atom. The lowest BCUT2D eigenvalue weighted by Gasteiger charge is -2.28. The van der Waals surface area contributed by atoms with E-state index in [9.17, 15) is 29.1 Å². The van der Waals surface area contributed by atoms with Gasteiger partial charge in [-0.25, -0.2) is 4.79 Å². The van der Waals surface area contributed by atoms with Crippen molar-refractivity contribution in [2.75, 3.05) is 6.54 Å². The minimum atomic E-state index is -1.42. The molecule has 5 atom stereocenters. The first-order chi connectivity index (χ1) is 15.8. The van der Waals surface area contributed by atoms with Gasteiger partial charge in [-0.2, -0.15) is 0 Å². The van der Waals surface area contributed by atoms with Crippen LogP contribution in [-0.2, 0) is 24.0 Å². The molecule has 34 heavy (non-hydrogen) atoms. The molecule has 3 amide bonds. The van der Waals surface area contributed by atoms with Crippen molar-refractivity contribution in [3.05, 3.63) is 0 Å². The third-order valence-electron chi connectivity index (χ3n) is 5.65. The first-order valence-electron chi connectivity index (χ1n) is 11.7. The number of hydrogen-bond donors (Lipinski definition) is 7. The van der Waals surface area contributed by atoms with Crippen molar-refractivity contribution in [3.63, 3.8) is 0 Å². The van der Waals surface area contributed by atoms with E-state index in [0.29, 0.717) is 25.8 Å². The van der Waals surface area contributed by atoms with Gasteiger partial charge in [-0.05, 0) is 44.1 Å². The number of carboxylic acids is 2. The standard InChI is InChI=1S/C22H41N5O7/c1-5-13(4)17(24)20(31)27-18(12(2)3)21(32)25-14(8-6-7-11-23)19(30)26-15(22(33)34)9-10-16(28)29/h12-15,17-18H,5-11,23-24H2,1-4H3,(H,25,32)(H,26,30)(H,27,31)(H,28,29)(H,33,34). The van der Waals surface area contributed by atoms with Crippen LogP contribution in [-0.4, -0.2) is 70.6 Å². The average Bonchev–Trinajstić information content (AvgIpc) is 2.77. The molecule has 0 aliphatic carbocycles. The summed E-state index contributed by atoms with van der Waals surface area (Å²) in [5, 5.41) is 25.7. The summed E-state index contributed by atoms with van der Waals surface area (Å²) in [4.78, 5) is 60.6. The Balaban J connectivity index is 5.48. The lowest BCUT2D eigenvalue weighted by atomic mass is 9.97. The number of hydrogen-bond acceptors (Lipinski definition) is 7. The zero-order valence-electron chi connectivity index (χ0n) is 20.5. The third kappa shape index (κ3) is 11.4. The van der Waals surface area contributed by atoms with E-state index in [2.05, 4.69) is 16.0 Å². The summed E-state index contributed by atoms with van der Waals surface area (Å²) < 4.78 is 0. The molecular weight excluding hydrogens is 446 g/mol. The molecule has 0 aromatic rings. The van der Waals surface area contributed by atoms with Gasteiger partial charge in [-0.1, -0.05) is 34.1 Å². The predicted octanol–water partition coefficient (Wildman–Crippen LogP) is -0.451. The smallest absolute Gasteiger partial charge is 0.326 e. The number of nitrogens with one attached hydrogen (secondary N) is 3. The molecule has 12 nitrogen and oxygen atoms in total. The topological polar surface area (TPSA) is 214 Å². The van der Waals surface area contributed by atoms with Crippen LogP contribution in [0, 0.1) is 11.8 Å². The van der Waals surface area contributed by atoms with E-state index >= 15 is 0 Å². The first-order valence-corrected chi connectivity index (χ1v) is 11.7. The number of amides is 3. The molecule has 0 fully saturated rings. The quantitative estimate of drug-likeness (QED) is 0.132. The highest BCUT2D eigenvalue weighted by Gasteiger charge is 2.32. The van der Waals surface area contributed by atoms with Crippen LogP contribution in [0.3, 0.4) is 0 Å². The molecule has 0 aliphatic rings. The average molecular weight is 488 g/mol. The molecule has 0 aliphatic heterocycles. The molecule has 0 spiro atoms. The molecule has 0 aromatic carbocycles. The van der Waals surface area contributed by atoms with Crippen molar-refractivity contribution in [2.45, 2.75) is 90.4 Å². The number of aliphatic carboxylic acids is 2. The second kappa shape index (κ2) is 16.0. The van der Waals surface area contributed by atoms with Crippen LogP contribution in [0.15, 0.2) is 0 Å². The van der Waals surface area contributed by atoms with Gasteiger partial charge in [0.1, 0.15) is 18.1 Å². The number of unbranched alkanes of at least 4 members (excludes halogenated alkanes) is 1. The Kier molecular flexibility index (Phi) is 14.7. The van der Waals surface area contributed by atoms with Crippen LogP contribution >= 0.6 is 0 Å². The molecule has 0 heterocycles. The first kappa shape index (κ1) is 31.3. The highest BCUT2D eigenvalue weighted by molar-refractivity contribution is 5.94. The van der Waals surface area contributed by atoms with E-state index in [1.807, 2.05) is 13.8 Å². The molecular formula is C22H41N5O7. The fourth-order valence-corrected chi connectivity index (χ4v) is 3.12. The second-order valence-electron chi connectivity index (χ2n) is 8.82. The summed E-state index contributed by atoms with van der Waals surface area (Å²) in [6.45, 7) is 7.56. The lowest BCUT2D eigenvalue weighted by Crippen LogP contribution is -2.59. The third-order valence-corrected chi connectivity index (χ3v) is 5.65. The summed E-state index contributed by atoms with van der Waals surface area (Å²) in [6, 6.07) is -4.28. The van der Waals surface area contributed by atoms with E-state index in [0.717, 1.165) is 0 Å². The maximum atomic E-state index is 13.0. The van der Waals surface area contributed by atoms with Crippen LogP contribution in [0.1, 0.15) is 66.2 Å². The number of rotatable bonds is 17. The number of nitrogens with two attached hydrogens (primary N) is 2. The van der Waals surface area contributed by atoms with Crippen molar-refractivity contribution in [1.29, 1.82) is 0 Å². The minimum absolute atomic E-state index is 0.0931. The van der Waals surface area contributed by atoms with Crippen LogP contribution in [0.2, 0.25) is 0 Å². The molecule has 196 valence electrons. The summed E-state index contributed by atoms with van der Waals surface area (Å²) >= 11 is 0. The number of carbonyl (C=O) groups excluding carboxylic acids is 3. The van der Waals surface area contributed by atoms with Gasteiger partial charge in [0.2, 0.25) is 17.7 Å². The monoisotopic (exact) mass is 487 g/mol. The second-order valence-corrected chi connectivity index (χ2v) is 8.82. The van der Waals surface area contributed by atoms with E-state index in [-0.39, 0.29) is 24.7 Å². The van der Waals surface area contributed by atoms with Gasteiger partial charge < -0.3 is 37.6 Å². The van der Waals surface area contributed by atoms with Gasteiger partial charge >= 0.3 is 11.9 Å². The fraction of sp³-hybridized carbons (Fsp3) is 0.773. The fourth-order valence-electron chi connectivity index (χ4n) is 3.12. The normalized spacial score (nSPS) is 15.5. The lowest BCUT2D eigenvalue weighted by molar-refractivity contribution is -0.143. The molecule has 0 saturated carbocycles. The number of carboxylic acid groups (broad SMARTS) is 2. The molecule has 0 saturated heterocycles. The molecule has 5 unspecified atom stereocenters. The molecule has 0 aromatic heterocycles. The van der Waals surface area contributed by atoms with E-state index < -0.39 is 60.2 Å². The zero-order chi connectivity index (χ0) is 26.4. The number of carbonyl (C=O) groups is 5. The van der Waals surface area contributed by atoms with E-state index in [4.69, 9.17) is 16.6 Å². The van der Waals surface area contributed by atoms with Crippen LogP contribution in [0.25, 0.3) is 0 Å². The Morgan fingerprint density at radius 3 is 1.88 bits per heavy atom. The maximum Gasteiger partial charge on any atom is 0.326 e. The molecule has 12 heteroatoms. The van der Waals surface area contributed by atoms with Gasteiger partial charge in [0, 0.05) is 6.42 Å². The summed E-state index contributed by atoms with van der Waals surface area (Å²) in [5.74, 6) is -4.83. The van der Waals surface area contributed by atoms with Crippen molar-refractivity contribution in [1.82, 2.24) is 16.0 Å². The minimum Gasteiger partial charge on any atom is -0.481 e. The van der Waals surface area contributed by atoms with Crippen LogP contribution in [0.5, 0.6) is 0 Å². The largest absolute Gasteiger partial charge is 0.481 e. The Labute approximate surface area is 200 Å². The van der Waals surface area contributed by atoms with Gasteiger partial charge in [-0.15, -0.1) is 0 Å². The maximum absolute atomic E-state index is 13.0. The highest BCUT2D eigenvalue weighted by Crippen LogP contribution is 2.10. The molecule has 0 radical (unpaired) electrons. The predicted molar refractivity (Wildman–Crippen MR) is 125 cm³/mol. The van der Waals surface area contributed by atoms with Gasteiger partial charge in [-0.3, -0.25) is 19.2 Å². The molecule has 0 bridgehead atoms. The van der Waals surface area contributed by atoms with Gasteiger partial charge in [0.25, 0.3) is 0 Å². The SMILES string of the molecule is CCC(C)C(N)C(=O)NC(C(=O)NC(CCCCN)C(=O)NC(CCC(=O)O)C(=O)O)C(C)C. The van der Waals surface area contributed by atoms with Gasteiger partial charge in [0.15, 0.2) is 0 Å². The van der Waals surface area contributed by atoms with Crippen molar-refractivity contribution in [3.8, 4) is 0 Å². The highest BCUT2D eigenvalue weighted by atomic mass is 16.4. The van der Waals surface area contributed by atoms with Crippen LogP contribution in [0.4, 0.5) is 0 Å². The summed E-state index contributed by atoms with van der Waals surface area (Å²) in [6.07, 6.45) is 1.18. The summed E-state index contributed by atoms with van der Waals surface area (Å²) in [5.41, 5.74) is 11.5. The van der Waals surface area contributed by atoms with Crippen molar-refractivity contribution < 1.29 is 34.2 Å². The zero-order valence-corrected chi connectivity index (χ0v) is 20.5. The Bertz CT molecular complexity index is 701. The molecule has 9 N–H and O–H groups in total. The van der Waals surface area contributed by atoms with E-state index in [1.165, 1.54) is 0 Å². The Morgan fingerprint density at radius 1 is 0.824 bits per heavy atom. The van der Waals surface area contributed by atoms with Crippen molar-refractivity contribution in [2.24, 2.45) is 23.3 Å².